The van der Waals surface area contributed by atoms with Crippen molar-refractivity contribution in [2.45, 2.75) is 13.8 Å². The summed E-state index contributed by atoms with van der Waals surface area (Å²) in [5.41, 5.74) is 2.33. The van der Waals surface area contributed by atoms with Gasteiger partial charge in [-0.2, -0.15) is 0 Å². The lowest BCUT2D eigenvalue weighted by Gasteiger charge is -2.23. The molecule has 0 aliphatic heterocycles. The molecule has 0 bridgehead atoms. The minimum absolute atomic E-state index is 0.105. The number of rotatable bonds is 2. The standard InChI is InChI=1S/C17H13NO5/c1-7-8(2)14-11(15(19)13(7)17(22)23)5-9-3-4-10(16(20)21)6-12(9)18-14/h3-6,13H,1-2H3,(H,20,21)(H,22,23). The number of carbonyl (C=O) groups excluding carboxylic acids is 1. The third kappa shape index (κ3) is 2.19. The summed E-state index contributed by atoms with van der Waals surface area (Å²) in [6.45, 7) is 3.32. The van der Waals surface area contributed by atoms with Gasteiger partial charge in [-0.1, -0.05) is 6.07 Å². The fourth-order valence-electron chi connectivity index (χ4n) is 2.83. The van der Waals surface area contributed by atoms with Crippen LogP contribution < -0.4 is 0 Å². The monoisotopic (exact) mass is 311 g/mol. The van der Waals surface area contributed by atoms with Crippen molar-refractivity contribution in [1.82, 2.24) is 4.98 Å². The van der Waals surface area contributed by atoms with Gasteiger partial charge in [0.1, 0.15) is 5.92 Å². The number of aliphatic carboxylic acids is 1. The Bertz CT molecular complexity index is 926. The highest BCUT2D eigenvalue weighted by atomic mass is 16.4. The first kappa shape index (κ1) is 14.9. The predicted molar refractivity (Wildman–Crippen MR) is 82.4 cm³/mol. The lowest BCUT2D eigenvalue weighted by molar-refractivity contribution is -0.138. The van der Waals surface area contributed by atoms with Crippen LogP contribution in [0.15, 0.2) is 29.8 Å². The van der Waals surface area contributed by atoms with Gasteiger partial charge in [-0.15, -0.1) is 0 Å². The minimum atomic E-state index is -1.19. The molecule has 1 atom stereocenters. The van der Waals surface area contributed by atoms with Gasteiger partial charge in [0.25, 0.3) is 0 Å². The SMILES string of the molecule is CC1=C(C)C(C(=O)O)C(=O)c2cc3ccc(C(=O)O)cc3nc21. The molecule has 1 aromatic carbocycles. The second kappa shape index (κ2) is 5.01. The maximum atomic E-state index is 12.5. The molecule has 0 spiro atoms. The van der Waals surface area contributed by atoms with E-state index >= 15 is 0 Å². The first-order chi connectivity index (χ1) is 10.8. The van der Waals surface area contributed by atoms with E-state index in [1.165, 1.54) is 12.1 Å². The number of pyridine rings is 1. The van der Waals surface area contributed by atoms with Crippen LogP contribution in [0.5, 0.6) is 0 Å². The Morgan fingerprint density at radius 3 is 2.43 bits per heavy atom. The zero-order valence-corrected chi connectivity index (χ0v) is 12.5. The minimum Gasteiger partial charge on any atom is -0.480 e. The van der Waals surface area contributed by atoms with E-state index in [-0.39, 0.29) is 11.1 Å². The van der Waals surface area contributed by atoms with Crippen LogP contribution in [0.25, 0.3) is 16.5 Å². The molecule has 3 rings (SSSR count). The normalized spacial score (nSPS) is 17.3. The van der Waals surface area contributed by atoms with Crippen molar-refractivity contribution in [2.75, 3.05) is 0 Å². The Labute approximate surface area is 131 Å². The van der Waals surface area contributed by atoms with Gasteiger partial charge < -0.3 is 10.2 Å². The summed E-state index contributed by atoms with van der Waals surface area (Å²) < 4.78 is 0. The zero-order valence-electron chi connectivity index (χ0n) is 12.5. The number of Topliss-reactive ketones (excluding diaryl/α,β-unsaturated/α-hetero) is 1. The van der Waals surface area contributed by atoms with E-state index in [1.807, 2.05) is 0 Å². The molecule has 0 saturated heterocycles. The van der Waals surface area contributed by atoms with Crippen molar-refractivity contribution in [3.8, 4) is 0 Å². The predicted octanol–water partition coefficient (Wildman–Crippen LogP) is 2.62. The fraction of sp³-hybridized carbons (Fsp3) is 0.176. The third-order valence-electron chi connectivity index (χ3n) is 4.22. The molecular weight excluding hydrogens is 298 g/mol. The van der Waals surface area contributed by atoms with E-state index in [1.54, 1.807) is 26.0 Å². The number of hydrogen-bond acceptors (Lipinski definition) is 4. The Balaban J connectivity index is 2.30. The van der Waals surface area contributed by atoms with Crippen LogP contribution in [0.1, 0.15) is 40.3 Å². The molecular formula is C17H13NO5. The van der Waals surface area contributed by atoms with Crippen LogP contribution in [0.4, 0.5) is 0 Å². The molecule has 23 heavy (non-hydrogen) atoms. The molecule has 0 radical (unpaired) electrons. The first-order valence-electron chi connectivity index (χ1n) is 6.94. The zero-order chi connectivity index (χ0) is 16.9. The highest BCUT2D eigenvalue weighted by molar-refractivity contribution is 6.16. The van der Waals surface area contributed by atoms with E-state index < -0.39 is 23.6 Å². The molecule has 2 N–H and O–H groups in total. The number of nitrogens with zero attached hydrogens (tertiary/aromatic N) is 1. The Hall–Kier alpha value is -3.02. The van der Waals surface area contributed by atoms with Crippen LogP contribution in [0.3, 0.4) is 0 Å². The second-order valence-corrected chi connectivity index (χ2v) is 5.54. The van der Waals surface area contributed by atoms with Gasteiger partial charge >= 0.3 is 11.9 Å². The Morgan fingerprint density at radius 2 is 1.83 bits per heavy atom. The number of aromatic nitrogens is 1. The van der Waals surface area contributed by atoms with E-state index in [4.69, 9.17) is 5.11 Å². The maximum Gasteiger partial charge on any atom is 0.335 e. The molecule has 1 heterocycles. The summed E-state index contributed by atoms with van der Waals surface area (Å²) in [5.74, 6) is -3.93. The molecule has 6 nitrogen and oxygen atoms in total. The topological polar surface area (TPSA) is 105 Å². The molecule has 0 saturated carbocycles. The molecule has 0 fully saturated rings. The van der Waals surface area contributed by atoms with Crippen molar-refractivity contribution in [3.05, 3.63) is 46.7 Å². The summed E-state index contributed by atoms with van der Waals surface area (Å²) in [6, 6.07) is 6.01. The fourth-order valence-corrected chi connectivity index (χ4v) is 2.83. The summed E-state index contributed by atoms with van der Waals surface area (Å²) in [6.07, 6.45) is 0. The van der Waals surface area contributed by atoms with E-state index in [2.05, 4.69) is 4.98 Å². The van der Waals surface area contributed by atoms with Crippen LogP contribution in [0.2, 0.25) is 0 Å². The highest BCUT2D eigenvalue weighted by Gasteiger charge is 2.36. The molecule has 1 unspecified atom stereocenters. The van der Waals surface area contributed by atoms with Crippen molar-refractivity contribution < 1.29 is 24.6 Å². The van der Waals surface area contributed by atoms with Gasteiger partial charge in [-0.05, 0) is 43.2 Å². The van der Waals surface area contributed by atoms with Gasteiger partial charge in [0.05, 0.1) is 16.8 Å². The number of carboxylic acids is 2. The van der Waals surface area contributed by atoms with Gasteiger partial charge in [0.15, 0.2) is 5.78 Å². The number of carbonyl (C=O) groups is 3. The van der Waals surface area contributed by atoms with Crippen LogP contribution in [-0.2, 0) is 4.79 Å². The molecule has 1 aromatic heterocycles. The second-order valence-electron chi connectivity index (χ2n) is 5.54. The number of benzene rings is 1. The molecule has 2 aromatic rings. The molecule has 1 aliphatic rings. The van der Waals surface area contributed by atoms with E-state index in [0.717, 1.165) is 0 Å². The Morgan fingerprint density at radius 1 is 1.13 bits per heavy atom. The van der Waals surface area contributed by atoms with Crippen molar-refractivity contribution in [2.24, 2.45) is 5.92 Å². The molecule has 0 amide bonds. The van der Waals surface area contributed by atoms with Gasteiger partial charge in [-0.3, -0.25) is 9.59 Å². The Kier molecular flexibility index (Phi) is 3.25. The van der Waals surface area contributed by atoms with Crippen LogP contribution in [0, 0.1) is 5.92 Å². The summed E-state index contributed by atoms with van der Waals surface area (Å²) in [5, 5.41) is 18.9. The number of hydrogen-bond donors (Lipinski definition) is 2. The van der Waals surface area contributed by atoms with E-state index in [9.17, 15) is 19.5 Å². The van der Waals surface area contributed by atoms with Crippen molar-refractivity contribution in [1.29, 1.82) is 0 Å². The molecule has 6 heteroatoms. The lowest BCUT2D eigenvalue weighted by Crippen LogP contribution is -2.30. The smallest absolute Gasteiger partial charge is 0.335 e. The quantitative estimate of drug-likeness (QED) is 0.826. The summed E-state index contributed by atoms with van der Waals surface area (Å²) in [7, 11) is 0. The third-order valence-corrected chi connectivity index (χ3v) is 4.22. The lowest BCUT2D eigenvalue weighted by atomic mass is 9.80. The van der Waals surface area contributed by atoms with Gasteiger partial charge in [-0.25, -0.2) is 9.78 Å². The molecule has 1 aliphatic carbocycles. The van der Waals surface area contributed by atoms with Crippen molar-refractivity contribution >= 4 is 34.2 Å². The van der Waals surface area contributed by atoms with Gasteiger partial charge in [0.2, 0.25) is 0 Å². The number of fused-ring (bicyclic) bond motifs is 2. The largest absolute Gasteiger partial charge is 0.480 e. The summed E-state index contributed by atoms with van der Waals surface area (Å²) >= 11 is 0. The molecule has 116 valence electrons. The average Bonchev–Trinajstić information content (AvgIpc) is 2.50. The number of carboxylic acid groups (broad SMARTS) is 2. The van der Waals surface area contributed by atoms with E-state index in [0.29, 0.717) is 27.7 Å². The van der Waals surface area contributed by atoms with Gasteiger partial charge in [0, 0.05) is 10.9 Å². The van der Waals surface area contributed by atoms with Crippen molar-refractivity contribution in [3.63, 3.8) is 0 Å². The van der Waals surface area contributed by atoms with Crippen LogP contribution in [-0.4, -0.2) is 32.9 Å². The highest BCUT2D eigenvalue weighted by Crippen LogP contribution is 2.35. The number of allylic oxidation sites excluding steroid dienone is 1. The number of ketones is 1. The summed E-state index contributed by atoms with van der Waals surface area (Å²) in [4.78, 5) is 39.3. The van der Waals surface area contributed by atoms with Crippen LogP contribution >= 0.6 is 0 Å². The first-order valence-corrected chi connectivity index (χ1v) is 6.94. The average molecular weight is 311 g/mol. The maximum absolute atomic E-state index is 12.5. The number of aromatic carboxylic acids is 1.